The SMILES string of the molecule is C/C=C1/CCN(c2cnc3c(c2C)N(C(=O)OC(C)(C)C)CCO3)CC1=NCC. The first-order chi connectivity index (χ1) is 13.7. The van der Waals surface area contributed by atoms with Crippen molar-refractivity contribution in [1.82, 2.24) is 4.98 Å². The van der Waals surface area contributed by atoms with Gasteiger partial charge in [-0.3, -0.25) is 9.89 Å². The van der Waals surface area contributed by atoms with Crippen molar-refractivity contribution < 1.29 is 14.3 Å². The average Bonchev–Trinajstić information content (AvgIpc) is 2.67. The third-order valence-corrected chi connectivity index (χ3v) is 5.08. The highest BCUT2D eigenvalue weighted by molar-refractivity contribution is 6.04. The number of carbonyl (C=O) groups excluding carboxylic acids is 1. The van der Waals surface area contributed by atoms with E-state index in [1.54, 1.807) is 4.90 Å². The fourth-order valence-corrected chi connectivity index (χ4v) is 3.77. The number of hydrogen-bond acceptors (Lipinski definition) is 6. The van der Waals surface area contributed by atoms with Crippen molar-refractivity contribution >= 4 is 23.2 Å². The molecule has 158 valence electrons. The number of hydrogen-bond donors (Lipinski definition) is 0. The summed E-state index contributed by atoms with van der Waals surface area (Å²) in [5.74, 6) is 0.483. The zero-order chi connectivity index (χ0) is 21.2. The zero-order valence-electron chi connectivity index (χ0n) is 18.4. The Labute approximate surface area is 173 Å². The van der Waals surface area contributed by atoms with E-state index in [-0.39, 0.29) is 6.09 Å². The molecule has 1 aromatic rings. The lowest BCUT2D eigenvalue weighted by Gasteiger charge is -2.36. The molecule has 3 rings (SSSR count). The van der Waals surface area contributed by atoms with Crippen LogP contribution in [0.4, 0.5) is 16.2 Å². The van der Waals surface area contributed by atoms with Gasteiger partial charge >= 0.3 is 6.09 Å². The maximum Gasteiger partial charge on any atom is 0.415 e. The first kappa shape index (κ1) is 21.1. The minimum atomic E-state index is -0.560. The number of fused-ring (bicyclic) bond motifs is 1. The molecule has 3 heterocycles. The first-order valence-electron chi connectivity index (χ1n) is 10.3. The van der Waals surface area contributed by atoms with E-state index in [9.17, 15) is 4.79 Å². The van der Waals surface area contributed by atoms with E-state index < -0.39 is 5.60 Å². The number of carbonyl (C=O) groups is 1. The highest BCUT2D eigenvalue weighted by atomic mass is 16.6. The molecule has 2 aliphatic rings. The quantitative estimate of drug-likeness (QED) is 0.746. The minimum Gasteiger partial charge on any atom is -0.474 e. The molecule has 1 amide bonds. The molecule has 7 nitrogen and oxygen atoms in total. The summed E-state index contributed by atoms with van der Waals surface area (Å²) in [4.78, 5) is 26.0. The minimum absolute atomic E-state index is 0.368. The topological polar surface area (TPSA) is 67.3 Å². The number of aromatic nitrogens is 1. The molecule has 0 bridgehead atoms. The van der Waals surface area contributed by atoms with E-state index in [4.69, 9.17) is 9.47 Å². The van der Waals surface area contributed by atoms with Crippen molar-refractivity contribution in [3.8, 4) is 5.88 Å². The van der Waals surface area contributed by atoms with Crippen LogP contribution in [-0.2, 0) is 4.74 Å². The molecule has 0 aromatic carbocycles. The van der Waals surface area contributed by atoms with Gasteiger partial charge in [0, 0.05) is 18.7 Å². The second-order valence-corrected chi connectivity index (χ2v) is 8.31. The fourth-order valence-electron chi connectivity index (χ4n) is 3.77. The highest BCUT2D eigenvalue weighted by Crippen LogP contribution is 2.39. The zero-order valence-corrected chi connectivity index (χ0v) is 18.4. The molecular weight excluding hydrogens is 368 g/mol. The van der Waals surface area contributed by atoms with Gasteiger partial charge in [0.1, 0.15) is 17.9 Å². The number of anilines is 2. The lowest BCUT2D eigenvalue weighted by molar-refractivity contribution is 0.0566. The van der Waals surface area contributed by atoms with Gasteiger partial charge in [0.25, 0.3) is 0 Å². The Morgan fingerprint density at radius 1 is 1.38 bits per heavy atom. The molecule has 7 heteroatoms. The van der Waals surface area contributed by atoms with Gasteiger partial charge in [0.15, 0.2) is 0 Å². The normalized spacial score (nSPS) is 19.9. The van der Waals surface area contributed by atoms with Gasteiger partial charge < -0.3 is 14.4 Å². The summed E-state index contributed by atoms with van der Waals surface area (Å²) in [5.41, 5.74) is 4.55. The Bertz CT molecular complexity index is 839. The molecule has 0 spiro atoms. The van der Waals surface area contributed by atoms with E-state index in [1.165, 1.54) is 5.57 Å². The summed E-state index contributed by atoms with van der Waals surface area (Å²) in [6, 6.07) is 0. The molecule has 0 aliphatic carbocycles. The summed E-state index contributed by atoms with van der Waals surface area (Å²) < 4.78 is 11.4. The van der Waals surface area contributed by atoms with Gasteiger partial charge in [-0.2, -0.15) is 0 Å². The molecule has 0 saturated carbocycles. The van der Waals surface area contributed by atoms with Crippen molar-refractivity contribution in [2.24, 2.45) is 4.99 Å². The van der Waals surface area contributed by atoms with Gasteiger partial charge in [-0.05, 0) is 53.5 Å². The monoisotopic (exact) mass is 400 g/mol. The fraction of sp³-hybridized carbons (Fsp3) is 0.591. The smallest absolute Gasteiger partial charge is 0.415 e. The highest BCUT2D eigenvalue weighted by Gasteiger charge is 2.32. The summed E-state index contributed by atoms with van der Waals surface area (Å²) >= 11 is 0. The Morgan fingerprint density at radius 3 is 2.79 bits per heavy atom. The van der Waals surface area contributed by atoms with E-state index >= 15 is 0 Å². The van der Waals surface area contributed by atoms with Crippen LogP contribution >= 0.6 is 0 Å². The van der Waals surface area contributed by atoms with Crippen molar-refractivity contribution in [1.29, 1.82) is 0 Å². The molecule has 0 radical (unpaired) electrons. The molecular formula is C22H32N4O3. The standard InChI is InChI=1S/C22H32N4O3/c1-7-16-9-10-25(14-17(16)23-8-2)18-13-24-20-19(15(18)3)26(11-12-28-20)21(27)29-22(4,5)6/h7,13H,8-12,14H2,1-6H3/b16-7-,23-17?. The number of rotatable bonds is 2. The Morgan fingerprint density at radius 2 is 2.14 bits per heavy atom. The third-order valence-electron chi connectivity index (χ3n) is 5.08. The first-order valence-corrected chi connectivity index (χ1v) is 10.3. The van der Waals surface area contributed by atoms with Crippen LogP contribution in [0, 0.1) is 6.92 Å². The van der Waals surface area contributed by atoms with Crippen molar-refractivity contribution in [2.45, 2.75) is 53.6 Å². The van der Waals surface area contributed by atoms with Crippen molar-refractivity contribution in [2.75, 3.05) is 42.6 Å². The lowest BCUT2D eigenvalue weighted by Crippen LogP contribution is -2.43. The van der Waals surface area contributed by atoms with Crippen LogP contribution in [0.5, 0.6) is 5.88 Å². The number of allylic oxidation sites excluding steroid dienone is 1. The molecule has 1 saturated heterocycles. The Kier molecular flexibility index (Phi) is 6.15. The second kappa shape index (κ2) is 8.43. The maximum atomic E-state index is 12.8. The summed E-state index contributed by atoms with van der Waals surface area (Å²) in [6.45, 7) is 15.0. The Hall–Kier alpha value is -2.57. The van der Waals surface area contributed by atoms with Crippen LogP contribution in [0.1, 0.15) is 46.6 Å². The van der Waals surface area contributed by atoms with Gasteiger partial charge in [-0.15, -0.1) is 0 Å². The molecule has 2 aliphatic heterocycles. The van der Waals surface area contributed by atoms with Gasteiger partial charge in [0.2, 0.25) is 5.88 Å². The number of piperidine rings is 1. The number of nitrogens with zero attached hydrogens (tertiary/aromatic N) is 4. The van der Waals surface area contributed by atoms with E-state index in [0.717, 1.165) is 43.0 Å². The number of aliphatic imine (C=N–C) groups is 1. The average molecular weight is 401 g/mol. The maximum absolute atomic E-state index is 12.8. The van der Waals surface area contributed by atoms with E-state index in [0.29, 0.717) is 24.7 Å². The predicted octanol–water partition coefficient (Wildman–Crippen LogP) is 4.14. The second-order valence-electron chi connectivity index (χ2n) is 8.31. The summed E-state index contributed by atoms with van der Waals surface area (Å²) in [5, 5.41) is 0. The number of pyridine rings is 1. The number of ether oxygens (including phenoxy) is 2. The molecule has 0 atom stereocenters. The van der Waals surface area contributed by atoms with Gasteiger partial charge in [0.05, 0.1) is 30.7 Å². The molecule has 0 unspecified atom stereocenters. The summed E-state index contributed by atoms with van der Waals surface area (Å²) in [7, 11) is 0. The molecule has 0 N–H and O–H groups in total. The van der Waals surface area contributed by atoms with Crippen LogP contribution in [0.2, 0.25) is 0 Å². The Balaban J connectivity index is 1.95. The van der Waals surface area contributed by atoms with Crippen LogP contribution < -0.4 is 14.5 Å². The molecule has 1 aromatic heterocycles. The predicted molar refractivity (Wildman–Crippen MR) is 117 cm³/mol. The van der Waals surface area contributed by atoms with E-state index in [2.05, 4.69) is 34.8 Å². The van der Waals surface area contributed by atoms with Crippen LogP contribution in [0.15, 0.2) is 22.8 Å². The van der Waals surface area contributed by atoms with Crippen LogP contribution in [0.25, 0.3) is 0 Å². The van der Waals surface area contributed by atoms with Gasteiger partial charge in [-0.25, -0.2) is 9.78 Å². The molecule has 1 fully saturated rings. The third kappa shape index (κ3) is 4.54. The lowest BCUT2D eigenvalue weighted by atomic mass is 10.00. The van der Waals surface area contributed by atoms with Crippen molar-refractivity contribution in [3.05, 3.63) is 23.4 Å². The molecule has 29 heavy (non-hydrogen) atoms. The van der Waals surface area contributed by atoms with Crippen LogP contribution in [0.3, 0.4) is 0 Å². The van der Waals surface area contributed by atoms with Crippen LogP contribution in [-0.4, -0.2) is 55.2 Å². The van der Waals surface area contributed by atoms with Crippen molar-refractivity contribution in [3.63, 3.8) is 0 Å². The van der Waals surface area contributed by atoms with E-state index in [1.807, 2.05) is 33.9 Å². The summed E-state index contributed by atoms with van der Waals surface area (Å²) in [6.07, 6.45) is 4.57. The number of amides is 1. The largest absolute Gasteiger partial charge is 0.474 e. The van der Waals surface area contributed by atoms with Gasteiger partial charge in [-0.1, -0.05) is 6.08 Å².